The van der Waals surface area contributed by atoms with E-state index in [1.807, 2.05) is 24.3 Å². The summed E-state index contributed by atoms with van der Waals surface area (Å²) in [6.07, 6.45) is -7.19. The minimum Gasteiger partial charge on any atom is -0.492 e. The standard InChI is InChI=1S/C38H29F6N3O3/c39-37(40,41)23-46-35(49)36(31-12-5-3-9-28(31)29-10-4-6-13-32(29)36)20-7-21-50-26-18-19-33(45-22-26)47-34(48)30-11-2-1-8-27(30)24-14-16-25(17-15-24)38(42,43)44/h1-6,8-19,22H,7,20-21,23H2,(H,46,49)(H,45,47,48). The van der Waals surface area contributed by atoms with E-state index < -0.39 is 41.7 Å². The lowest BCUT2D eigenvalue weighted by Gasteiger charge is -2.31. The molecule has 6 nitrogen and oxygen atoms in total. The second kappa shape index (κ2) is 13.7. The Morgan fingerprint density at radius 1 is 0.720 bits per heavy atom. The third-order valence-corrected chi connectivity index (χ3v) is 8.54. The number of ether oxygens (including phenoxy) is 1. The highest BCUT2D eigenvalue weighted by molar-refractivity contribution is 6.08. The van der Waals surface area contributed by atoms with Crippen LogP contribution >= 0.6 is 0 Å². The minimum absolute atomic E-state index is 0.118. The molecule has 1 aliphatic carbocycles. The third-order valence-electron chi connectivity index (χ3n) is 8.54. The van der Waals surface area contributed by atoms with E-state index in [2.05, 4.69) is 15.6 Å². The maximum absolute atomic E-state index is 13.6. The van der Waals surface area contributed by atoms with Crippen molar-refractivity contribution in [3.63, 3.8) is 0 Å². The molecular weight excluding hydrogens is 660 g/mol. The second-order valence-corrected chi connectivity index (χ2v) is 11.7. The van der Waals surface area contributed by atoms with Crippen molar-refractivity contribution in [3.8, 4) is 28.0 Å². The first-order valence-corrected chi connectivity index (χ1v) is 15.6. The fraction of sp³-hybridized carbons (Fsp3) is 0.184. The fourth-order valence-corrected chi connectivity index (χ4v) is 6.31. The summed E-state index contributed by atoms with van der Waals surface area (Å²) in [5.41, 5.74) is 1.79. The molecule has 50 heavy (non-hydrogen) atoms. The average molecular weight is 690 g/mol. The van der Waals surface area contributed by atoms with Crippen molar-refractivity contribution in [2.24, 2.45) is 0 Å². The molecule has 4 aromatic carbocycles. The number of anilines is 1. The van der Waals surface area contributed by atoms with Crippen LogP contribution < -0.4 is 15.4 Å². The maximum atomic E-state index is 13.6. The van der Waals surface area contributed by atoms with Crippen LogP contribution in [0, 0.1) is 0 Å². The summed E-state index contributed by atoms with van der Waals surface area (Å²) in [5, 5.41) is 4.79. The van der Waals surface area contributed by atoms with Gasteiger partial charge in [-0.25, -0.2) is 4.98 Å². The van der Waals surface area contributed by atoms with E-state index in [0.717, 1.165) is 23.3 Å². The highest BCUT2D eigenvalue weighted by Gasteiger charge is 2.49. The Hall–Kier alpha value is -5.65. The molecule has 0 spiro atoms. The number of nitrogens with one attached hydrogen (secondary N) is 2. The van der Waals surface area contributed by atoms with Crippen LogP contribution in [0.5, 0.6) is 5.75 Å². The molecule has 256 valence electrons. The van der Waals surface area contributed by atoms with E-state index in [1.165, 1.54) is 24.4 Å². The number of amides is 2. The predicted octanol–water partition coefficient (Wildman–Crippen LogP) is 8.82. The molecule has 2 N–H and O–H groups in total. The zero-order valence-corrected chi connectivity index (χ0v) is 26.2. The van der Waals surface area contributed by atoms with Gasteiger partial charge in [0, 0.05) is 5.56 Å². The fourth-order valence-electron chi connectivity index (χ4n) is 6.31. The minimum atomic E-state index is -4.58. The predicted molar refractivity (Wildman–Crippen MR) is 176 cm³/mol. The molecule has 12 heteroatoms. The van der Waals surface area contributed by atoms with Crippen molar-refractivity contribution in [2.45, 2.75) is 30.6 Å². The molecule has 0 saturated heterocycles. The normalized spacial score (nSPS) is 13.2. The average Bonchev–Trinajstić information content (AvgIpc) is 3.39. The van der Waals surface area contributed by atoms with Crippen molar-refractivity contribution in [2.75, 3.05) is 18.5 Å². The van der Waals surface area contributed by atoms with Crippen LogP contribution in [0.25, 0.3) is 22.3 Å². The van der Waals surface area contributed by atoms with E-state index in [1.54, 1.807) is 54.6 Å². The van der Waals surface area contributed by atoms with Crippen molar-refractivity contribution >= 4 is 17.6 Å². The lowest BCUT2D eigenvalue weighted by molar-refractivity contribution is -0.141. The number of halogens is 6. The van der Waals surface area contributed by atoms with E-state index in [9.17, 15) is 35.9 Å². The number of aromatic nitrogens is 1. The van der Waals surface area contributed by atoms with Gasteiger partial charge in [0.2, 0.25) is 5.91 Å². The number of hydrogen-bond acceptors (Lipinski definition) is 4. The molecule has 5 aromatic rings. The Labute approximate surface area is 283 Å². The zero-order valence-electron chi connectivity index (χ0n) is 26.2. The monoisotopic (exact) mass is 689 g/mol. The van der Waals surface area contributed by atoms with Gasteiger partial charge >= 0.3 is 12.4 Å². The quantitative estimate of drug-likeness (QED) is 0.114. The maximum Gasteiger partial charge on any atom is 0.416 e. The molecule has 0 aliphatic heterocycles. The number of pyridine rings is 1. The number of carbonyl (C=O) groups is 2. The SMILES string of the molecule is O=C(Nc1ccc(OCCCC2(C(=O)NCC(F)(F)F)c3ccccc3-c3ccccc32)cn1)c1ccccc1-c1ccc(C(F)(F)F)cc1. The van der Waals surface area contributed by atoms with Crippen LogP contribution in [-0.4, -0.2) is 36.1 Å². The summed E-state index contributed by atoms with van der Waals surface area (Å²) in [7, 11) is 0. The molecule has 0 saturated carbocycles. The smallest absolute Gasteiger partial charge is 0.416 e. The van der Waals surface area contributed by atoms with Gasteiger partial charge in [0.25, 0.3) is 5.91 Å². The summed E-state index contributed by atoms with van der Waals surface area (Å²) >= 11 is 0. The highest BCUT2D eigenvalue weighted by Crippen LogP contribution is 2.51. The molecule has 0 fully saturated rings. The highest BCUT2D eigenvalue weighted by atomic mass is 19.4. The summed E-state index contributed by atoms with van der Waals surface area (Å²) < 4.78 is 84.4. The van der Waals surface area contributed by atoms with Crippen LogP contribution in [-0.2, 0) is 16.4 Å². The largest absolute Gasteiger partial charge is 0.492 e. The van der Waals surface area contributed by atoms with E-state index in [0.29, 0.717) is 34.4 Å². The van der Waals surface area contributed by atoms with Gasteiger partial charge in [-0.05, 0) is 76.6 Å². The Morgan fingerprint density at radius 3 is 1.90 bits per heavy atom. The Kier molecular flexibility index (Phi) is 9.37. The molecule has 1 heterocycles. The summed E-state index contributed by atoms with van der Waals surface area (Å²) in [6, 6.07) is 28.5. The molecular formula is C38H29F6N3O3. The molecule has 2 amide bonds. The summed E-state index contributed by atoms with van der Waals surface area (Å²) in [4.78, 5) is 31.0. The number of rotatable bonds is 10. The second-order valence-electron chi connectivity index (χ2n) is 11.7. The van der Waals surface area contributed by atoms with Crippen LogP contribution in [0.2, 0.25) is 0 Å². The van der Waals surface area contributed by atoms with Crippen molar-refractivity contribution in [1.82, 2.24) is 10.3 Å². The molecule has 1 aliphatic rings. The lowest BCUT2D eigenvalue weighted by Crippen LogP contribution is -2.47. The number of alkyl halides is 6. The van der Waals surface area contributed by atoms with Crippen molar-refractivity contribution in [1.29, 1.82) is 0 Å². The van der Waals surface area contributed by atoms with Gasteiger partial charge < -0.3 is 15.4 Å². The van der Waals surface area contributed by atoms with Gasteiger partial charge in [-0.3, -0.25) is 9.59 Å². The zero-order chi connectivity index (χ0) is 35.5. The lowest BCUT2D eigenvalue weighted by atomic mass is 9.73. The Bertz CT molecular complexity index is 1960. The molecule has 1 aromatic heterocycles. The summed E-state index contributed by atoms with van der Waals surface area (Å²) in [6.45, 7) is -1.34. The third kappa shape index (κ3) is 7.05. The van der Waals surface area contributed by atoms with E-state index in [4.69, 9.17) is 4.74 Å². The van der Waals surface area contributed by atoms with Crippen molar-refractivity contribution in [3.05, 3.63) is 138 Å². The number of hydrogen-bond donors (Lipinski definition) is 2. The van der Waals surface area contributed by atoms with Crippen LogP contribution in [0.15, 0.2) is 115 Å². The topological polar surface area (TPSA) is 80.3 Å². The molecule has 0 radical (unpaired) electrons. The first kappa shape index (κ1) is 34.2. The number of benzene rings is 4. The van der Waals surface area contributed by atoms with Crippen LogP contribution in [0.1, 0.15) is 39.9 Å². The first-order chi connectivity index (χ1) is 23.9. The van der Waals surface area contributed by atoms with Crippen LogP contribution in [0.4, 0.5) is 32.2 Å². The molecule has 0 atom stereocenters. The van der Waals surface area contributed by atoms with Gasteiger partial charge in [0.1, 0.15) is 23.5 Å². The van der Waals surface area contributed by atoms with Gasteiger partial charge in [-0.1, -0.05) is 78.9 Å². The molecule has 0 unspecified atom stereocenters. The number of fused-ring (bicyclic) bond motifs is 3. The van der Waals surface area contributed by atoms with Gasteiger partial charge in [-0.2, -0.15) is 26.3 Å². The van der Waals surface area contributed by atoms with Crippen molar-refractivity contribution < 1.29 is 40.7 Å². The number of nitrogens with zero attached hydrogens (tertiary/aromatic N) is 1. The first-order valence-electron chi connectivity index (χ1n) is 15.6. The van der Waals surface area contributed by atoms with E-state index >= 15 is 0 Å². The van der Waals surface area contributed by atoms with Gasteiger partial charge in [-0.15, -0.1) is 0 Å². The van der Waals surface area contributed by atoms with Gasteiger partial charge in [0.15, 0.2) is 0 Å². The van der Waals surface area contributed by atoms with Gasteiger partial charge in [0.05, 0.1) is 18.4 Å². The van der Waals surface area contributed by atoms with Crippen LogP contribution in [0.3, 0.4) is 0 Å². The summed E-state index contributed by atoms with van der Waals surface area (Å²) in [5.74, 6) is -0.707. The molecule has 6 rings (SSSR count). The Morgan fingerprint density at radius 2 is 1.32 bits per heavy atom. The number of carbonyl (C=O) groups excluding carboxylic acids is 2. The van der Waals surface area contributed by atoms with E-state index in [-0.39, 0.29) is 24.4 Å². The Balaban J connectivity index is 1.12. The molecule has 0 bridgehead atoms.